The van der Waals surface area contributed by atoms with Gasteiger partial charge in [-0.25, -0.2) is 0 Å². The molecule has 0 saturated carbocycles. The van der Waals surface area contributed by atoms with Crippen molar-refractivity contribution in [2.45, 2.75) is 0 Å². The van der Waals surface area contributed by atoms with E-state index in [1.165, 1.54) is 7.14 Å². The van der Waals surface area contributed by atoms with Crippen LogP contribution in [-0.2, 0) is 4.74 Å². The van der Waals surface area contributed by atoms with Gasteiger partial charge in [-0.05, 0) is 0 Å². The van der Waals surface area contributed by atoms with Crippen LogP contribution in [0.15, 0.2) is 54.6 Å². The average Bonchev–Trinajstić information content (AvgIpc) is 2.39. The first-order chi connectivity index (χ1) is 8.38. The molecule has 0 aromatic heterocycles. The van der Waals surface area contributed by atoms with Gasteiger partial charge in [-0.1, -0.05) is 0 Å². The summed E-state index contributed by atoms with van der Waals surface area (Å²) in [6, 6.07) is 19.3. The molecule has 17 heavy (non-hydrogen) atoms. The Kier molecular flexibility index (Phi) is 4.82. The van der Waals surface area contributed by atoms with Crippen molar-refractivity contribution in [3.8, 4) is 0 Å². The molecule has 2 aromatic carbocycles. The first-order valence-corrected chi connectivity index (χ1v) is 7.57. The molecule has 2 nitrogen and oxygen atoms in total. The second-order valence-corrected chi connectivity index (χ2v) is 6.54. The van der Waals surface area contributed by atoms with E-state index in [2.05, 4.69) is 59.9 Å². The van der Waals surface area contributed by atoms with Crippen molar-refractivity contribution in [3.05, 3.63) is 61.7 Å². The van der Waals surface area contributed by atoms with Crippen LogP contribution in [0.1, 0.15) is 0 Å². The van der Waals surface area contributed by atoms with Gasteiger partial charge in [0.25, 0.3) is 0 Å². The third-order valence-corrected chi connectivity index (χ3v) is 4.90. The Bertz CT molecular complexity index is 442. The molecular formula is C14H15INO-. The zero-order valence-corrected chi connectivity index (χ0v) is 11.8. The number of hydrogen-bond acceptors (Lipinski definition) is 2. The number of benzene rings is 2. The molecule has 0 atom stereocenters. The summed E-state index contributed by atoms with van der Waals surface area (Å²) in [5, 5.41) is 3.18. The summed E-state index contributed by atoms with van der Waals surface area (Å²) in [6.45, 7) is 0.549. The van der Waals surface area contributed by atoms with Crippen LogP contribution in [0, 0.1) is 7.14 Å². The number of halogens is 1. The molecule has 0 spiro atoms. The van der Waals surface area contributed by atoms with E-state index in [0.717, 1.165) is 5.69 Å². The second kappa shape index (κ2) is 6.61. The molecule has 2 rings (SSSR count). The van der Waals surface area contributed by atoms with Crippen LogP contribution in [0.2, 0.25) is 0 Å². The Morgan fingerprint density at radius 2 is 1.59 bits per heavy atom. The van der Waals surface area contributed by atoms with Crippen molar-refractivity contribution in [1.82, 2.24) is 0 Å². The predicted octanol–water partition coefficient (Wildman–Crippen LogP) is -0.169. The first kappa shape index (κ1) is 12.4. The Balaban J connectivity index is 1.98. The summed E-state index contributed by atoms with van der Waals surface area (Å²) >= 11 is -0.0567. The van der Waals surface area contributed by atoms with Gasteiger partial charge in [-0.15, -0.1) is 0 Å². The third kappa shape index (κ3) is 4.02. The predicted molar refractivity (Wildman–Crippen MR) is 65.8 cm³/mol. The van der Waals surface area contributed by atoms with Gasteiger partial charge in [0.15, 0.2) is 0 Å². The fourth-order valence-corrected chi connectivity index (χ4v) is 3.60. The van der Waals surface area contributed by atoms with Crippen molar-refractivity contribution in [3.63, 3.8) is 0 Å². The summed E-state index contributed by atoms with van der Waals surface area (Å²) in [4.78, 5) is 0. The monoisotopic (exact) mass is 340 g/mol. The third-order valence-electron chi connectivity index (χ3n) is 2.22. The fourth-order valence-electron chi connectivity index (χ4n) is 1.39. The summed E-state index contributed by atoms with van der Waals surface area (Å²) < 4.78 is 7.84. The topological polar surface area (TPSA) is 21.3 Å². The summed E-state index contributed by atoms with van der Waals surface area (Å²) in [6.07, 6.45) is 0. The number of methoxy groups -OCH3 is 1. The molecule has 0 saturated heterocycles. The molecule has 0 heterocycles. The Morgan fingerprint density at radius 1 is 0.941 bits per heavy atom. The van der Waals surface area contributed by atoms with Crippen molar-refractivity contribution in [2.75, 3.05) is 19.2 Å². The van der Waals surface area contributed by atoms with Gasteiger partial charge in [0.05, 0.1) is 0 Å². The molecule has 0 aliphatic carbocycles. The van der Waals surface area contributed by atoms with E-state index in [-0.39, 0.29) is 21.2 Å². The van der Waals surface area contributed by atoms with Crippen molar-refractivity contribution in [1.29, 1.82) is 0 Å². The molecule has 90 valence electrons. The number of rotatable bonds is 5. The van der Waals surface area contributed by atoms with Gasteiger partial charge in [0.1, 0.15) is 0 Å². The molecule has 3 heteroatoms. The summed E-state index contributed by atoms with van der Waals surface area (Å²) in [5.74, 6) is 0. The fraction of sp³-hybridized carbons (Fsp3) is 0.143. The average molecular weight is 340 g/mol. The number of nitrogens with one attached hydrogen (secondary N) is 1. The van der Waals surface area contributed by atoms with E-state index in [0.29, 0.717) is 6.73 Å². The minimum atomic E-state index is -0.0567. The van der Waals surface area contributed by atoms with Gasteiger partial charge in [-0.3, -0.25) is 0 Å². The molecule has 0 unspecified atom stereocenters. The van der Waals surface area contributed by atoms with Crippen molar-refractivity contribution in [2.24, 2.45) is 0 Å². The number of anilines is 1. The van der Waals surface area contributed by atoms with Crippen molar-refractivity contribution >= 4 is 5.69 Å². The van der Waals surface area contributed by atoms with Gasteiger partial charge >= 0.3 is 113 Å². The number of ether oxygens (including phenoxy) is 1. The van der Waals surface area contributed by atoms with Crippen molar-refractivity contribution < 1.29 is 25.9 Å². The molecule has 1 N–H and O–H groups in total. The maximum absolute atomic E-state index is 4.97. The van der Waals surface area contributed by atoms with Gasteiger partial charge in [0, 0.05) is 0 Å². The molecule has 2 aromatic rings. The molecule has 0 fully saturated rings. The van der Waals surface area contributed by atoms with Crippen LogP contribution < -0.4 is 26.5 Å². The van der Waals surface area contributed by atoms with Gasteiger partial charge in [0.2, 0.25) is 0 Å². The number of hydrogen-bond donors (Lipinski definition) is 1. The molecule has 0 bridgehead atoms. The van der Waals surface area contributed by atoms with Crippen LogP contribution in [0.3, 0.4) is 0 Å². The SMILES string of the molecule is COCNc1ccc([I-]c2ccccc2)cc1. The minimum absolute atomic E-state index is 0.0567. The maximum atomic E-state index is 4.97. The van der Waals surface area contributed by atoms with Gasteiger partial charge in [-0.2, -0.15) is 0 Å². The van der Waals surface area contributed by atoms with E-state index in [9.17, 15) is 0 Å². The zero-order chi connectivity index (χ0) is 11.9. The Hall–Kier alpha value is -1.07. The van der Waals surface area contributed by atoms with Crippen LogP contribution >= 0.6 is 0 Å². The van der Waals surface area contributed by atoms with E-state index in [1.807, 2.05) is 0 Å². The van der Waals surface area contributed by atoms with E-state index in [1.54, 1.807) is 7.11 Å². The Labute approximate surface area is 112 Å². The first-order valence-electron chi connectivity index (χ1n) is 5.41. The molecular weight excluding hydrogens is 325 g/mol. The van der Waals surface area contributed by atoms with E-state index >= 15 is 0 Å². The zero-order valence-electron chi connectivity index (χ0n) is 9.69. The quantitative estimate of drug-likeness (QED) is 0.603. The second-order valence-electron chi connectivity index (χ2n) is 3.51. The molecule has 0 radical (unpaired) electrons. The molecule has 0 aliphatic heterocycles. The molecule has 0 amide bonds. The van der Waals surface area contributed by atoms with E-state index < -0.39 is 0 Å². The van der Waals surface area contributed by atoms with Crippen LogP contribution in [0.4, 0.5) is 5.69 Å². The standard InChI is InChI=1S/C14H15INO/c1-17-11-16-14-9-7-13(8-10-14)15-12-5-3-2-4-6-12/h2-10,16H,11H2,1H3/q-1. The van der Waals surface area contributed by atoms with Crippen LogP contribution in [0.5, 0.6) is 0 Å². The summed E-state index contributed by atoms with van der Waals surface area (Å²) in [5.41, 5.74) is 1.10. The van der Waals surface area contributed by atoms with Gasteiger partial charge < -0.3 is 0 Å². The Morgan fingerprint density at radius 3 is 2.24 bits per heavy atom. The van der Waals surface area contributed by atoms with E-state index in [4.69, 9.17) is 4.74 Å². The van der Waals surface area contributed by atoms with Crippen LogP contribution in [-0.4, -0.2) is 13.8 Å². The van der Waals surface area contributed by atoms with Crippen LogP contribution in [0.25, 0.3) is 0 Å². The summed E-state index contributed by atoms with van der Waals surface area (Å²) in [7, 11) is 1.68. The normalized spacial score (nSPS) is 10.4. The molecule has 0 aliphatic rings.